The van der Waals surface area contributed by atoms with Crippen LogP contribution in [0, 0.1) is 6.92 Å². The third-order valence-electron chi connectivity index (χ3n) is 4.16. The molecule has 0 saturated carbocycles. The SMILES string of the molecule is CCC(=O)N1CCCC(c2nnc(-c3ccc(C)cc3)o2)C1. The molecule has 116 valence electrons. The third kappa shape index (κ3) is 3.03. The molecule has 1 amide bonds. The van der Waals surface area contributed by atoms with Crippen LogP contribution >= 0.6 is 0 Å². The molecule has 5 nitrogen and oxygen atoms in total. The van der Waals surface area contributed by atoms with Crippen molar-refractivity contribution in [2.24, 2.45) is 0 Å². The van der Waals surface area contributed by atoms with Crippen molar-refractivity contribution in [3.63, 3.8) is 0 Å². The summed E-state index contributed by atoms with van der Waals surface area (Å²) in [6, 6.07) is 8.03. The molecule has 0 spiro atoms. The summed E-state index contributed by atoms with van der Waals surface area (Å²) >= 11 is 0. The average molecular weight is 299 g/mol. The second-order valence-corrected chi connectivity index (χ2v) is 5.84. The number of aromatic nitrogens is 2. The largest absolute Gasteiger partial charge is 0.420 e. The Morgan fingerprint density at radius 1 is 1.32 bits per heavy atom. The number of hydrogen-bond acceptors (Lipinski definition) is 4. The van der Waals surface area contributed by atoms with Crippen LogP contribution in [0.3, 0.4) is 0 Å². The highest BCUT2D eigenvalue weighted by atomic mass is 16.4. The van der Waals surface area contributed by atoms with E-state index < -0.39 is 0 Å². The van der Waals surface area contributed by atoms with Crippen molar-refractivity contribution in [1.29, 1.82) is 0 Å². The van der Waals surface area contributed by atoms with Gasteiger partial charge in [-0.05, 0) is 31.9 Å². The van der Waals surface area contributed by atoms with Gasteiger partial charge >= 0.3 is 0 Å². The Kier molecular flexibility index (Phi) is 4.22. The molecule has 1 unspecified atom stereocenters. The lowest BCUT2D eigenvalue weighted by molar-refractivity contribution is -0.132. The highest BCUT2D eigenvalue weighted by Crippen LogP contribution is 2.28. The van der Waals surface area contributed by atoms with E-state index in [2.05, 4.69) is 10.2 Å². The number of hydrogen-bond donors (Lipinski definition) is 0. The summed E-state index contributed by atoms with van der Waals surface area (Å²) in [5, 5.41) is 8.36. The molecular weight excluding hydrogens is 278 g/mol. The van der Waals surface area contributed by atoms with Crippen molar-refractivity contribution in [1.82, 2.24) is 15.1 Å². The molecule has 1 atom stereocenters. The first-order valence-corrected chi connectivity index (χ1v) is 7.85. The minimum absolute atomic E-state index is 0.149. The van der Waals surface area contributed by atoms with E-state index in [1.54, 1.807) is 0 Å². The molecule has 1 aromatic heterocycles. The zero-order valence-electron chi connectivity index (χ0n) is 13.1. The predicted molar refractivity (Wildman–Crippen MR) is 83.3 cm³/mol. The normalized spacial score (nSPS) is 18.5. The van der Waals surface area contributed by atoms with Crippen LogP contribution in [0.5, 0.6) is 0 Å². The predicted octanol–water partition coefficient (Wildman–Crippen LogP) is 3.16. The average Bonchev–Trinajstić information content (AvgIpc) is 3.05. The van der Waals surface area contributed by atoms with Gasteiger partial charge in [-0.2, -0.15) is 0 Å². The van der Waals surface area contributed by atoms with Crippen LogP contribution in [0.25, 0.3) is 11.5 Å². The minimum atomic E-state index is 0.149. The number of likely N-dealkylation sites (tertiary alicyclic amines) is 1. The lowest BCUT2D eigenvalue weighted by Gasteiger charge is -2.30. The van der Waals surface area contributed by atoms with Gasteiger partial charge in [0.1, 0.15) is 0 Å². The Balaban J connectivity index is 1.75. The quantitative estimate of drug-likeness (QED) is 0.873. The summed E-state index contributed by atoms with van der Waals surface area (Å²) in [5.74, 6) is 1.54. The first kappa shape index (κ1) is 14.8. The third-order valence-corrected chi connectivity index (χ3v) is 4.16. The molecule has 1 saturated heterocycles. The Morgan fingerprint density at radius 2 is 2.09 bits per heavy atom. The molecule has 0 bridgehead atoms. The van der Waals surface area contributed by atoms with Crippen LogP contribution < -0.4 is 0 Å². The smallest absolute Gasteiger partial charge is 0.247 e. The Labute approximate surface area is 130 Å². The van der Waals surface area contributed by atoms with E-state index in [4.69, 9.17) is 4.42 Å². The van der Waals surface area contributed by atoms with Crippen molar-refractivity contribution in [3.05, 3.63) is 35.7 Å². The van der Waals surface area contributed by atoms with E-state index in [1.807, 2.05) is 43.0 Å². The Hall–Kier alpha value is -2.17. The summed E-state index contributed by atoms with van der Waals surface area (Å²) in [4.78, 5) is 13.8. The lowest BCUT2D eigenvalue weighted by atomic mass is 9.98. The molecule has 0 N–H and O–H groups in total. The highest BCUT2D eigenvalue weighted by Gasteiger charge is 2.27. The van der Waals surface area contributed by atoms with Crippen molar-refractivity contribution in [3.8, 4) is 11.5 Å². The zero-order chi connectivity index (χ0) is 15.5. The maximum Gasteiger partial charge on any atom is 0.247 e. The van der Waals surface area contributed by atoms with Crippen molar-refractivity contribution in [2.45, 2.75) is 39.0 Å². The number of amides is 1. The van der Waals surface area contributed by atoms with Gasteiger partial charge in [0.15, 0.2) is 0 Å². The molecule has 5 heteroatoms. The number of nitrogens with zero attached hydrogens (tertiary/aromatic N) is 3. The molecule has 0 radical (unpaired) electrons. The van der Waals surface area contributed by atoms with Crippen molar-refractivity contribution >= 4 is 5.91 Å². The van der Waals surface area contributed by atoms with Crippen LogP contribution in [0.4, 0.5) is 0 Å². The number of benzene rings is 1. The number of rotatable bonds is 3. The Bertz CT molecular complexity index is 648. The molecule has 0 aliphatic carbocycles. The number of aryl methyl sites for hydroxylation is 1. The molecule has 2 heterocycles. The van der Waals surface area contributed by atoms with Gasteiger partial charge in [-0.3, -0.25) is 4.79 Å². The summed E-state index contributed by atoms with van der Waals surface area (Å²) in [6.07, 6.45) is 2.52. The highest BCUT2D eigenvalue weighted by molar-refractivity contribution is 5.76. The van der Waals surface area contributed by atoms with Crippen LogP contribution in [0.1, 0.15) is 43.6 Å². The first-order valence-electron chi connectivity index (χ1n) is 7.85. The van der Waals surface area contributed by atoms with E-state index in [1.165, 1.54) is 5.56 Å². The Morgan fingerprint density at radius 3 is 2.82 bits per heavy atom. The van der Waals surface area contributed by atoms with Gasteiger partial charge in [-0.15, -0.1) is 10.2 Å². The number of carbonyl (C=O) groups is 1. The first-order chi connectivity index (χ1) is 10.7. The van der Waals surface area contributed by atoms with Gasteiger partial charge < -0.3 is 9.32 Å². The van der Waals surface area contributed by atoms with Crippen LogP contribution in [-0.4, -0.2) is 34.1 Å². The fourth-order valence-electron chi connectivity index (χ4n) is 2.84. The van der Waals surface area contributed by atoms with E-state index in [9.17, 15) is 4.79 Å². The monoisotopic (exact) mass is 299 g/mol. The lowest BCUT2D eigenvalue weighted by Crippen LogP contribution is -2.38. The van der Waals surface area contributed by atoms with Gasteiger partial charge in [-0.25, -0.2) is 0 Å². The van der Waals surface area contributed by atoms with E-state index in [-0.39, 0.29) is 11.8 Å². The van der Waals surface area contributed by atoms with Crippen LogP contribution in [-0.2, 0) is 4.79 Å². The standard InChI is InChI=1S/C17H21N3O2/c1-3-15(21)20-10-4-5-14(11-20)17-19-18-16(22-17)13-8-6-12(2)7-9-13/h6-9,14H,3-5,10-11H2,1-2H3. The number of piperidine rings is 1. The maximum atomic E-state index is 11.9. The molecule has 1 aliphatic rings. The van der Waals surface area contributed by atoms with Crippen LogP contribution in [0.15, 0.2) is 28.7 Å². The summed E-state index contributed by atoms with van der Waals surface area (Å²) in [7, 11) is 0. The minimum Gasteiger partial charge on any atom is -0.420 e. The second kappa shape index (κ2) is 6.30. The van der Waals surface area contributed by atoms with Gasteiger partial charge in [0.05, 0.1) is 5.92 Å². The van der Waals surface area contributed by atoms with Gasteiger partial charge in [-0.1, -0.05) is 24.6 Å². The van der Waals surface area contributed by atoms with Crippen molar-refractivity contribution in [2.75, 3.05) is 13.1 Å². The zero-order valence-corrected chi connectivity index (χ0v) is 13.1. The fraction of sp³-hybridized carbons (Fsp3) is 0.471. The van der Waals surface area contributed by atoms with Gasteiger partial charge in [0, 0.05) is 25.1 Å². The molecular formula is C17H21N3O2. The van der Waals surface area contributed by atoms with Gasteiger partial charge in [0.2, 0.25) is 17.7 Å². The van der Waals surface area contributed by atoms with Crippen molar-refractivity contribution < 1.29 is 9.21 Å². The van der Waals surface area contributed by atoms with Gasteiger partial charge in [0.25, 0.3) is 0 Å². The molecule has 2 aromatic rings. The molecule has 3 rings (SSSR count). The molecule has 1 aliphatic heterocycles. The van der Waals surface area contributed by atoms with Crippen LogP contribution in [0.2, 0.25) is 0 Å². The molecule has 22 heavy (non-hydrogen) atoms. The summed E-state index contributed by atoms with van der Waals surface area (Å²) in [6.45, 7) is 5.46. The summed E-state index contributed by atoms with van der Waals surface area (Å²) < 4.78 is 5.85. The molecule has 1 fully saturated rings. The fourth-order valence-corrected chi connectivity index (χ4v) is 2.84. The van der Waals surface area contributed by atoms with E-state index in [0.717, 1.165) is 24.9 Å². The molecule has 1 aromatic carbocycles. The number of carbonyl (C=O) groups excluding carboxylic acids is 1. The topological polar surface area (TPSA) is 59.2 Å². The van der Waals surface area contributed by atoms with E-state index in [0.29, 0.717) is 24.7 Å². The maximum absolute atomic E-state index is 11.9. The second-order valence-electron chi connectivity index (χ2n) is 5.84. The summed E-state index contributed by atoms with van der Waals surface area (Å²) in [5.41, 5.74) is 2.13. The van der Waals surface area contributed by atoms with E-state index >= 15 is 0 Å².